The van der Waals surface area contributed by atoms with Crippen LogP contribution in [0.1, 0.15) is 4.88 Å². The normalized spacial score (nSPS) is 10.8. The van der Waals surface area contributed by atoms with Gasteiger partial charge in [0.2, 0.25) is 5.91 Å². The summed E-state index contributed by atoms with van der Waals surface area (Å²) in [7, 11) is 0. The molecule has 3 aromatic heterocycles. The molecule has 3 heterocycles. The lowest BCUT2D eigenvalue weighted by molar-refractivity contribution is -0.128. The zero-order valence-corrected chi connectivity index (χ0v) is 15.4. The fourth-order valence-electron chi connectivity index (χ4n) is 2.02. The van der Waals surface area contributed by atoms with E-state index in [-0.39, 0.29) is 17.6 Å². The summed E-state index contributed by atoms with van der Waals surface area (Å²) in [5.41, 5.74) is 0. The van der Waals surface area contributed by atoms with Gasteiger partial charge in [-0.3, -0.25) is 4.79 Å². The third-order valence-corrected chi connectivity index (χ3v) is 5.15. The van der Waals surface area contributed by atoms with Crippen LogP contribution in [-0.2, 0) is 11.3 Å². The monoisotopic (exact) mass is 395 g/mol. The number of thiophene rings is 1. The summed E-state index contributed by atoms with van der Waals surface area (Å²) in [6, 6.07) is 7.20. The highest BCUT2D eigenvalue weighted by atomic mass is 35.5. The lowest BCUT2D eigenvalue weighted by atomic mass is 10.4. The molecule has 0 saturated heterocycles. The third kappa shape index (κ3) is 4.75. The first-order valence-corrected chi connectivity index (χ1v) is 9.47. The highest BCUT2D eigenvalue weighted by Crippen LogP contribution is 2.25. The van der Waals surface area contributed by atoms with Crippen LogP contribution in [0.4, 0.5) is 0 Å². The molecule has 0 radical (unpaired) electrons. The van der Waals surface area contributed by atoms with Crippen molar-refractivity contribution in [3.63, 3.8) is 0 Å². The van der Waals surface area contributed by atoms with Gasteiger partial charge in [-0.05, 0) is 24.3 Å². The number of hydrogen-bond acceptors (Lipinski definition) is 7. The van der Waals surface area contributed by atoms with Gasteiger partial charge in [0.1, 0.15) is 0 Å². The van der Waals surface area contributed by atoms with Crippen molar-refractivity contribution >= 4 is 40.6 Å². The lowest BCUT2D eigenvalue weighted by Crippen LogP contribution is -2.31. The summed E-state index contributed by atoms with van der Waals surface area (Å²) in [5, 5.41) is 8.14. The van der Waals surface area contributed by atoms with E-state index in [1.807, 2.05) is 12.1 Å². The number of rotatable bonds is 8. The average Bonchev–Trinajstić information content (AvgIpc) is 3.33. The Labute approximate surface area is 157 Å². The van der Waals surface area contributed by atoms with Gasteiger partial charge in [0.05, 0.1) is 22.9 Å². The molecule has 3 aromatic rings. The maximum atomic E-state index is 12.5. The Morgan fingerprint density at radius 2 is 2.28 bits per heavy atom. The van der Waals surface area contributed by atoms with Gasteiger partial charge in [0.15, 0.2) is 5.76 Å². The summed E-state index contributed by atoms with van der Waals surface area (Å²) < 4.78 is 11.4. The number of halogens is 1. The molecule has 1 amide bonds. The molecule has 9 heteroatoms. The molecule has 0 unspecified atom stereocenters. The molecule has 0 spiro atoms. The summed E-state index contributed by atoms with van der Waals surface area (Å²) in [5.74, 6) is 0.920. The van der Waals surface area contributed by atoms with E-state index in [0.29, 0.717) is 28.4 Å². The summed E-state index contributed by atoms with van der Waals surface area (Å²) in [6.07, 6.45) is 3.22. The Bertz CT molecular complexity index is 845. The second-order valence-electron chi connectivity index (χ2n) is 4.91. The summed E-state index contributed by atoms with van der Waals surface area (Å²) in [4.78, 5) is 15.2. The first-order chi connectivity index (χ1) is 12.2. The molecule has 0 aliphatic carbocycles. The first kappa shape index (κ1) is 17.8. The predicted molar refractivity (Wildman–Crippen MR) is 97.7 cm³/mol. The maximum absolute atomic E-state index is 12.5. The number of thioether (sulfide) groups is 1. The van der Waals surface area contributed by atoms with Crippen LogP contribution in [0, 0.1) is 0 Å². The first-order valence-electron chi connectivity index (χ1n) is 7.29. The molecule has 0 fully saturated rings. The molecule has 0 N–H and O–H groups in total. The molecule has 6 nitrogen and oxygen atoms in total. The predicted octanol–water partition coefficient (Wildman–Crippen LogP) is 4.35. The van der Waals surface area contributed by atoms with Crippen LogP contribution in [0.3, 0.4) is 0 Å². The van der Waals surface area contributed by atoms with E-state index < -0.39 is 0 Å². The molecule has 0 aliphatic rings. The van der Waals surface area contributed by atoms with Gasteiger partial charge in [-0.25, -0.2) is 0 Å². The standard InChI is InChI=1S/C16H14ClN3O3S2/c1-2-7-20(9-11-5-6-13(17)25-11)14(21)10-24-16-19-18-15(23-16)12-4-3-8-22-12/h2-6,8H,1,7,9-10H2. The lowest BCUT2D eigenvalue weighted by Gasteiger charge is -2.19. The van der Waals surface area contributed by atoms with Crippen molar-refractivity contribution in [2.24, 2.45) is 0 Å². The number of amides is 1. The minimum absolute atomic E-state index is 0.0489. The van der Waals surface area contributed by atoms with Crippen molar-refractivity contribution in [1.29, 1.82) is 0 Å². The molecule has 25 heavy (non-hydrogen) atoms. The van der Waals surface area contributed by atoms with E-state index in [2.05, 4.69) is 16.8 Å². The van der Waals surface area contributed by atoms with Crippen LogP contribution in [0.25, 0.3) is 11.7 Å². The van der Waals surface area contributed by atoms with E-state index in [9.17, 15) is 4.79 Å². The number of aromatic nitrogens is 2. The second-order valence-corrected chi connectivity index (χ2v) is 7.63. The van der Waals surface area contributed by atoms with Crippen molar-refractivity contribution in [2.45, 2.75) is 11.8 Å². The van der Waals surface area contributed by atoms with Crippen molar-refractivity contribution < 1.29 is 13.6 Å². The Kier molecular flexibility index (Phi) is 5.95. The van der Waals surface area contributed by atoms with Crippen molar-refractivity contribution in [2.75, 3.05) is 12.3 Å². The van der Waals surface area contributed by atoms with Crippen LogP contribution < -0.4 is 0 Å². The van der Waals surface area contributed by atoms with Crippen LogP contribution >= 0.6 is 34.7 Å². The van der Waals surface area contributed by atoms with Gasteiger partial charge in [-0.2, -0.15) is 0 Å². The van der Waals surface area contributed by atoms with Gasteiger partial charge in [-0.15, -0.1) is 28.1 Å². The van der Waals surface area contributed by atoms with Crippen molar-refractivity contribution in [3.05, 3.63) is 52.4 Å². The number of nitrogens with zero attached hydrogens (tertiary/aromatic N) is 3. The van der Waals surface area contributed by atoms with E-state index in [4.69, 9.17) is 20.4 Å². The molecule has 0 bridgehead atoms. The number of hydrogen-bond donors (Lipinski definition) is 0. The van der Waals surface area contributed by atoms with E-state index in [0.717, 1.165) is 4.88 Å². The zero-order chi connectivity index (χ0) is 17.6. The van der Waals surface area contributed by atoms with E-state index >= 15 is 0 Å². The highest BCUT2D eigenvalue weighted by Gasteiger charge is 2.17. The molecular formula is C16H14ClN3O3S2. The minimum Gasteiger partial charge on any atom is -0.459 e. The largest absolute Gasteiger partial charge is 0.459 e. The van der Waals surface area contributed by atoms with Crippen LogP contribution in [0.2, 0.25) is 4.34 Å². The SMILES string of the molecule is C=CCN(Cc1ccc(Cl)s1)C(=O)CSc1nnc(-c2ccco2)o1. The highest BCUT2D eigenvalue weighted by molar-refractivity contribution is 7.99. The Morgan fingerprint density at radius 3 is 2.96 bits per heavy atom. The summed E-state index contributed by atoms with van der Waals surface area (Å²) in [6.45, 7) is 4.65. The fraction of sp³-hybridized carbons (Fsp3) is 0.188. The fourth-order valence-corrected chi connectivity index (χ4v) is 3.79. The molecule has 3 rings (SSSR count). The molecule has 0 aliphatic heterocycles. The number of carbonyl (C=O) groups excluding carboxylic acids is 1. The van der Waals surface area contributed by atoms with Gasteiger partial charge >= 0.3 is 0 Å². The number of furan rings is 1. The molecular weight excluding hydrogens is 382 g/mol. The second kappa shape index (κ2) is 8.37. The smallest absolute Gasteiger partial charge is 0.284 e. The zero-order valence-electron chi connectivity index (χ0n) is 13.1. The number of carbonyl (C=O) groups is 1. The Hall–Kier alpha value is -2.03. The van der Waals surface area contributed by atoms with Crippen molar-refractivity contribution in [1.82, 2.24) is 15.1 Å². The molecule has 0 saturated carbocycles. The van der Waals surface area contributed by atoms with Gasteiger partial charge in [0, 0.05) is 11.4 Å². The molecule has 0 atom stereocenters. The minimum atomic E-state index is -0.0489. The third-order valence-electron chi connectivity index (χ3n) is 3.14. The van der Waals surface area contributed by atoms with E-state index in [1.54, 1.807) is 23.1 Å². The summed E-state index contributed by atoms with van der Waals surface area (Å²) >= 11 is 8.58. The quantitative estimate of drug-likeness (QED) is 0.417. The molecule has 0 aromatic carbocycles. The molecule has 130 valence electrons. The maximum Gasteiger partial charge on any atom is 0.284 e. The van der Waals surface area contributed by atoms with Crippen LogP contribution in [-0.4, -0.2) is 33.3 Å². The Balaban J connectivity index is 1.58. The van der Waals surface area contributed by atoms with E-state index in [1.165, 1.54) is 29.4 Å². The van der Waals surface area contributed by atoms with Crippen molar-refractivity contribution in [3.8, 4) is 11.7 Å². The topological polar surface area (TPSA) is 72.4 Å². The van der Waals surface area contributed by atoms with Crippen LogP contribution in [0.5, 0.6) is 0 Å². The van der Waals surface area contributed by atoms with Gasteiger partial charge in [0.25, 0.3) is 11.1 Å². The van der Waals surface area contributed by atoms with Gasteiger partial charge in [-0.1, -0.05) is 29.4 Å². The van der Waals surface area contributed by atoms with Crippen LogP contribution in [0.15, 0.2) is 57.2 Å². The Morgan fingerprint density at radius 1 is 1.40 bits per heavy atom. The van der Waals surface area contributed by atoms with Gasteiger partial charge < -0.3 is 13.7 Å². The average molecular weight is 396 g/mol.